The van der Waals surface area contributed by atoms with E-state index < -0.39 is 5.60 Å². The Morgan fingerprint density at radius 2 is 2.24 bits per heavy atom. The second-order valence-corrected chi connectivity index (χ2v) is 5.11. The van der Waals surface area contributed by atoms with E-state index in [1.807, 2.05) is 20.8 Å². The van der Waals surface area contributed by atoms with Gasteiger partial charge < -0.3 is 14.6 Å². The molecule has 0 saturated carbocycles. The molecule has 0 amide bonds. The first-order valence-corrected chi connectivity index (χ1v) is 6.23. The number of hydrogen-bond donors (Lipinski definition) is 1. The lowest BCUT2D eigenvalue weighted by Crippen LogP contribution is -2.44. The molecule has 1 N–H and O–H groups in total. The molecule has 2 rings (SSSR count). The largest absolute Gasteiger partial charge is 0.368 e. The third-order valence-electron chi connectivity index (χ3n) is 3.40. The SMILES string of the molecule is CCOC(C)(C)c1noc(C(C)C2CNC2)n1. The molecule has 1 unspecified atom stereocenters. The van der Waals surface area contributed by atoms with E-state index in [4.69, 9.17) is 9.26 Å². The summed E-state index contributed by atoms with van der Waals surface area (Å²) in [6.45, 7) is 10.7. The van der Waals surface area contributed by atoms with Gasteiger partial charge in [-0.05, 0) is 39.8 Å². The Balaban J connectivity index is 2.09. The Labute approximate surface area is 102 Å². The minimum atomic E-state index is -0.478. The van der Waals surface area contributed by atoms with E-state index in [0.717, 1.165) is 19.0 Å². The zero-order chi connectivity index (χ0) is 12.5. The molecule has 96 valence electrons. The molecule has 1 aliphatic heterocycles. The van der Waals surface area contributed by atoms with Crippen LogP contribution in [0, 0.1) is 5.92 Å². The van der Waals surface area contributed by atoms with Crippen molar-refractivity contribution in [1.29, 1.82) is 0 Å². The normalized spacial score (nSPS) is 19.1. The second kappa shape index (κ2) is 4.74. The molecule has 0 aromatic carbocycles. The highest BCUT2D eigenvalue weighted by Crippen LogP contribution is 2.28. The number of rotatable bonds is 5. The molecule has 1 saturated heterocycles. The van der Waals surface area contributed by atoms with Gasteiger partial charge in [0.25, 0.3) is 0 Å². The van der Waals surface area contributed by atoms with Gasteiger partial charge in [0.05, 0.1) is 0 Å². The van der Waals surface area contributed by atoms with Crippen molar-refractivity contribution in [2.75, 3.05) is 19.7 Å². The van der Waals surface area contributed by atoms with E-state index in [9.17, 15) is 0 Å². The van der Waals surface area contributed by atoms with Crippen molar-refractivity contribution in [1.82, 2.24) is 15.5 Å². The van der Waals surface area contributed by atoms with E-state index in [1.165, 1.54) is 0 Å². The van der Waals surface area contributed by atoms with E-state index in [2.05, 4.69) is 22.4 Å². The van der Waals surface area contributed by atoms with Crippen molar-refractivity contribution in [2.24, 2.45) is 5.92 Å². The molecule has 0 aliphatic carbocycles. The fraction of sp³-hybridized carbons (Fsp3) is 0.833. The summed E-state index contributed by atoms with van der Waals surface area (Å²) in [6.07, 6.45) is 0. The molecule has 1 aromatic rings. The topological polar surface area (TPSA) is 60.2 Å². The maximum atomic E-state index is 5.61. The average Bonchev–Trinajstić information content (AvgIpc) is 2.63. The lowest BCUT2D eigenvalue weighted by molar-refractivity contribution is -0.0221. The maximum absolute atomic E-state index is 5.61. The zero-order valence-corrected chi connectivity index (χ0v) is 11.0. The summed E-state index contributed by atoms with van der Waals surface area (Å²) in [6, 6.07) is 0. The van der Waals surface area contributed by atoms with Crippen molar-refractivity contribution in [2.45, 2.75) is 39.2 Å². The average molecular weight is 239 g/mol. The third-order valence-corrected chi connectivity index (χ3v) is 3.40. The summed E-state index contributed by atoms with van der Waals surface area (Å²) in [5, 5.41) is 7.29. The van der Waals surface area contributed by atoms with Crippen molar-refractivity contribution < 1.29 is 9.26 Å². The van der Waals surface area contributed by atoms with Crippen molar-refractivity contribution in [3.63, 3.8) is 0 Å². The molecule has 2 heterocycles. The standard InChI is InChI=1S/C12H21N3O2/c1-5-16-12(3,4)11-14-10(17-15-11)8(2)9-6-13-7-9/h8-9,13H,5-7H2,1-4H3. The quantitative estimate of drug-likeness (QED) is 0.846. The van der Waals surface area contributed by atoms with Crippen LogP contribution in [-0.4, -0.2) is 29.8 Å². The molecule has 0 bridgehead atoms. The third kappa shape index (κ3) is 2.50. The van der Waals surface area contributed by atoms with Gasteiger partial charge in [0.2, 0.25) is 11.7 Å². The van der Waals surface area contributed by atoms with Crippen LogP contribution in [0.5, 0.6) is 0 Å². The fourth-order valence-electron chi connectivity index (χ4n) is 1.96. The first-order valence-electron chi connectivity index (χ1n) is 6.23. The van der Waals surface area contributed by atoms with E-state index >= 15 is 0 Å². The van der Waals surface area contributed by atoms with E-state index in [0.29, 0.717) is 24.3 Å². The number of aromatic nitrogens is 2. The highest BCUT2D eigenvalue weighted by Gasteiger charge is 2.32. The van der Waals surface area contributed by atoms with Crippen LogP contribution in [0.2, 0.25) is 0 Å². The van der Waals surface area contributed by atoms with E-state index in [1.54, 1.807) is 0 Å². The van der Waals surface area contributed by atoms with Crippen molar-refractivity contribution >= 4 is 0 Å². The van der Waals surface area contributed by atoms with Gasteiger partial charge in [0, 0.05) is 12.5 Å². The van der Waals surface area contributed by atoms with Crippen LogP contribution in [0.3, 0.4) is 0 Å². The predicted molar refractivity (Wildman–Crippen MR) is 63.7 cm³/mol. The number of hydrogen-bond acceptors (Lipinski definition) is 5. The van der Waals surface area contributed by atoms with Crippen LogP contribution in [0.15, 0.2) is 4.52 Å². The van der Waals surface area contributed by atoms with Gasteiger partial charge in [0.1, 0.15) is 5.60 Å². The summed E-state index contributed by atoms with van der Waals surface area (Å²) in [5.74, 6) is 2.28. The number of nitrogens with zero attached hydrogens (tertiary/aromatic N) is 2. The molecule has 0 spiro atoms. The molecular formula is C12H21N3O2. The van der Waals surface area contributed by atoms with Gasteiger partial charge in [0.15, 0.2) is 0 Å². The minimum Gasteiger partial charge on any atom is -0.368 e. The molecule has 1 aliphatic rings. The minimum absolute atomic E-state index is 0.315. The highest BCUT2D eigenvalue weighted by molar-refractivity contribution is 5.03. The van der Waals surface area contributed by atoms with Crippen LogP contribution in [0.4, 0.5) is 0 Å². The maximum Gasteiger partial charge on any atom is 0.229 e. The van der Waals surface area contributed by atoms with Gasteiger partial charge in [-0.15, -0.1) is 0 Å². The Bertz CT molecular complexity index is 372. The van der Waals surface area contributed by atoms with E-state index in [-0.39, 0.29) is 0 Å². The van der Waals surface area contributed by atoms with Gasteiger partial charge >= 0.3 is 0 Å². The highest BCUT2D eigenvalue weighted by atomic mass is 16.5. The molecule has 1 atom stereocenters. The summed E-state index contributed by atoms with van der Waals surface area (Å²) >= 11 is 0. The molecule has 1 aromatic heterocycles. The summed E-state index contributed by atoms with van der Waals surface area (Å²) in [7, 11) is 0. The van der Waals surface area contributed by atoms with Crippen molar-refractivity contribution in [3.8, 4) is 0 Å². The van der Waals surface area contributed by atoms with Gasteiger partial charge in [-0.2, -0.15) is 4.98 Å². The molecule has 5 heteroatoms. The molecule has 17 heavy (non-hydrogen) atoms. The first kappa shape index (κ1) is 12.5. The summed E-state index contributed by atoms with van der Waals surface area (Å²) in [4.78, 5) is 4.47. The summed E-state index contributed by atoms with van der Waals surface area (Å²) < 4.78 is 11.0. The monoisotopic (exact) mass is 239 g/mol. The Morgan fingerprint density at radius 3 is 2.76 bits per heavy atom. The first-order chi connectivity index (χ1) is 8.04. The molecule has 0 radical (unpaired) electrons. The van der Waals surface area contributed by atoms with Crippen LogP contribution in [-0.2, 0) is 10.3 Å². The van der Waals surface area contributed by atoms with Gasteiger partial charge in [-0.3, -0.25) is 0 Å². The van der Waals surface area contributed by atoms with Crippen LogP contribution >= 0.6 is 0 Å². The fourth-order valence-corrected chi connectivity index (χ4v) is 1.96. The zero-order valence-electron chi connectivity index (χ0n) is 11.0. The van der Waals surface area contributed by atoms with Crippen LogP contribution in [0.1, 0.15) is 45.3 Å². The Kier molecular flexibility index (Phi) is 3.49. The second-order valence-electron chi connectivity index (χ2n) is 5.11. The van der Waals surface area contributed by atoms with Gasteiger partial charge in [-0.25, -0.2) is 0 Å². The van der Waals surface area contributed by atoms with Crippen LogP contribution in [0.25, 0.3) is 0 Å². The lowest BCUT2D eigenvalue weighted by atomic mass is 9.89. The Morgan fingerprint density at radius 1 is 1.53 bits per heavy atom. The molecule has 1 fully saturated rings. The summed E-state index contributed by atoms with van der Waals surface area (Å²) in [5.41, 5.74) is -0.478. The molecular weight excluding hydrogens is 218 g/mol. The van der Waals surface area contributed by atoms with Crippen LogP contribution < -0.4 is 5.32 Å². The lowest BCUT2D eigenvalue weighted by Gasteiger charge is -2.30. The predicted octanol–water partition coefficient (Wildman–Crippen LogP) is 1.66. The molecule has 5 nitrogen and oxygen atoms in total. The van der Waals surface area contributed by atoms with Crippen molar-refractivity contribution in [3.05, 3.63) is 11.7 Å². The number of nitrogens with one attached hydrogen (secondary N) is 1. The number of ether oxygens (including phenoxy) is 1. The van der Waals surface area contributed by atoms with Gasteiger partial charge in [-0.1, -0.05) is 12.1 Å². The Hall–Kier alpha value is -0.940. The smallest absolute Gasteiger partial charge is 0.229 e.